The number of hydrogen-bond donors (Lipinski definition) is 0. The average molecular weight is 267 g/mol. The molecule has 1 heterocycles. The van der Waals surface area contributed by atoms with Gasteiger partial charge in [-0.25, -0.2) is 0 Å². The Labute approximate surface area is 113 Å². The molecule has 0 saturated carbocycles. The Morgan fingerprint density at radius 1 is 1.17 bits per heavy atom. The summed E-state index contributed by atoms with van der Waals surface area (Å²) in [5.41, 5.74) is 1.27. The molecule has 2 rings (SSSR count). The molecule has 0 bridgehead atoms. The summed E-state index contributed by atoms with van der Waals surface area (Å²) < 4.78 is 0. The van der Waals surface area contributed by atoms with Crippen LogP contribution in [0.1, 0.15) is 18.9 Å². The number of benzene rings is 1. The molecule has 0 aromatic heterocycles. The molecule has 0 aliphatic carbocycles. The molecule has 4 heteroatoms. The summed E-state index contributed by atoms with van der Waals surface area (Å²) in [6.07, 6.45) is 1.05. The molecule has 3 nitrogen and oxygen atoms in total. The summed E-state index contributed by atoms with van der Waals surface area (Å²) in [5.74, 6) is 0.184. The van der Waals surface area contributed by atoms with Crippen LogP contribution in [-0.4, -0.2) is 41.9 Å². The quantitative estimate of drug-likeness (QED) is 0.821. The zero-order valence-electron chi connectivity index (χ0n) is 10.7. The van der Waals surface area contributed by atoms with Crippen LogP contribution in [-0.2, 0) is 11.3 Å². The van der Waals surface area contributed by atoms with Crippen LogP contribution in [0.15, 0.2) is 24.3 Å². The fraction of sp³-hybridized carbons (Fsp3) is 0.500. The van der Waals surface area contributed by atoms with E-state index in [0.29, 0.717) is 0 Å². The van der Waals surface area contributed by atoms with Gasteiger partial charge in [-0.3, -0.25) is 9.69 Å². The van der Waals surface area contributed by atoms with Crippen LogP contribution in [0.3, 0.4) is 0 Å². The first-order valence-electron chi connectivity index (χ1n) is 6.37. The van der Waals surface area contributed by atoms with Gasteiger partial charge in [0, 0.05) is 44.7 Å². The number of carbonyl (C=O) groups excluding carboxylic acids is 1. The second kappa shape index (κ2) is 6.21. The molecular formula is C14H19ClN2O. The van der Waals surface area contributed by atoms with Crippen molar-refractivity contribution in [3.63, 3.8) is 0 Å². The largest absolute Gasteiger partial charge is 0.342 e. The minimum absolute atomic E-state index is 0.184. The summed E-state index contributed by atoms with van der Waals surface area (Å²) in [6, 6.07) is 7.99. The summed E-state index contributed by atoms with van der Waals surface area (Å²) >= 11 is 5.88. The standard InChI is InChI=1S/C14H19ClN2O/c1-12(18)17-8-2-7-16(9-10-17)11-13-3-5-14(15)6-4-13/h3-6H,2,7-11H2,1H3. The predicted molar refractivity (Wildman–Crippen MR) is 73.6 cm³/mol. The van der Waals surface area contributed by atoms with E-state index in [9.17, 15) is 4.79 Å². The predicted octanol–water partition coefficient (Wildman–Crippen LogP) is 2.39. The normalized spacial score (nSPS) is 17.6. The van der Waals surface area contributed by atoms with Crippen molar-refractivity contribution in [1.82, 2.24) is 9.80 Å². The molecule has 1 amide bonds. The lowest BCUT2D eigenvalue weighted by atomic mass is 10.2. The van der Waals surface area contributed by atoms with Gasteiger partial charge in [0.05, 0.1) is 0 Å². The third kappa shape index (κ3) is 3.72. The molecule has 0 N–H and O–H groups in total. The van der Waals surface area contributed by atoms with Crippen LogP contribution >= 0.6 is 11.6 Å². The molecule has 18 heavy (non-hydrogen) atoms. The lowest BCUT2D eigenvalue weighted by Crippen LogP contribution is -2.33. The van der Waals surface area contributed by atoms with Crippen molar-refractivity contribution in [1.29, 1.82) is 0 Å². The van der Waals surface area contributed by atoms with Crippen LogP contribution in [0.25, 0.3) is 0 Å². The van der Waals surface area contributed by atoms with E-state index in [1.807, 2.05) is 17.0 Å². The average Bonchev–Trinajstić information content (AvgIpc) is 2.58. The summed E-state index contributed by atoms with van der Waals surface area (Å²) in [4.78, 5) is 15.7. The molecule has 1 aliphatic heterocycles. The number of amides is 1. The Kier molecular flexibility index (Phi) is 4.61. The van der Waals surface area contributed by atoms with Crippen molar-refractivity contribution < 1.29 is 4.79 Å². The zero-order valence-corrected chi connectivity index (χ0v) is 11.5. The summed E-state index contributed by atoms with van der Waals surface area (Å²) in [5, 5.41) is 0.775. The highest BCUT2D eigenvalue weighted by Gasteiger charge is 2.16. The SMILES string of the molecule is CC(=O)N1CCCN(Cc2ccc(Cl)cc2)CC1. The Hall–Kier alpha value is -1.06. The van der Waals surface area contributed by atoms with Gasteiger partial charge in [-0.1, -0.05) is 23.7 Å². The highest BCUT2D eigenvalue weighted by molar-refractivity contribution is 6.30. The Morgan fingerprint density at radius 2 is 1.89 bits per heavy atom. The van der Waals surface area contributed by atoms with E-state index in [0.717, 1.165) is 44.2 Å². The van der Waals surface area contributed by atoms with Gasteiger partial charge in [-0.2, -0.15) is 0 Å². The molecular weight excluding hydrogens is 248 g/mol. The van der Waals surface area contributed by atoms with Crippen molar-refractivity contribution in [2.45, 2.75) is 19.9 Å². The van der Waals surface area contributed by atoms with Gasteiger partial charge < -0.3 is 4.90 Å². The van der Waals surface area contributed by atoms with Crippen molar-refractivity contribution >= 4 is 17.5 Å². The maximum Gasteiger partial charge on any atom is 0.219 e. The number of halogens is 1. The summed E-state index contributed by atoms with van der Waals surface area (Å²) in [7, 11) is 0. The van der Waals surface area contributed by atoms with Crippen molar-refractivity contribution in [2.75, 3.05) is 26.2 Å². The molecule has 98 valence electrons. The van der Waals surface area contributed by atoms with Crippen molar-refractivity contribution in [2.24, 2.45) is 0 Å². The monoisotopic (exact) mass is 266 g/mol. The maximum atomic E-state index is 11.3. The van der Waals surface area contributed by atoms with Gasteiger partial charge in [0.2, 0.25) is 5.91 Å². The van der Waals surface area contributed by atoms with Crippen LogP contribution < -0.4 is 0 Å². The Balaban J connectivity index is 1.90. The number of hydrogen-bond acceptors (Lipinski definition) is 2. The maximum absolute atomic E-state index is 11.3. The number of rotatable bonds is 2. The molecule has 1 aromatic carbocycles. The lowest BCUT2D eigenvalue weighted by Gasteiger charge is -2.21. The van der Waals surface area contributed by atoms with Crippen LogP contribution in [0.4, 0.5) is 0 Å². The topological polar surface area (TPSA) is 23.6 Å². The van der Waals surface area contributed by atoms with E-state index in [2.05, 4.69) is 17.0 Å². The van der Waals surface area contributed by atoms with Crippen LogP contribution in [0.5, 0.6) is 0 Å². The van der Waals surface area contributed by atoms with Crippen molar-refractivity contribution in [3.8, 4) is 0 Å². The minimum Gasteiger partial charge on any atom is -0.342 e. The number of nitrogens with zero attached hydrogens (tertiary/aromatic N) is 2. The molecule has 1 fully saturated rings. The molecule has 0 spiro atoms. The lowest BCUT2D eigenvalue weighted by molar-refractivity contribution is -0.128. The molecule has 0 radical (unpaired) electrons. The molecule has 1 aliphatic rings. The van der Waals surface area contributed by atoms with Crippen LogP contribution in [0.2, 0.25) is 5.02 Å². The van der Waals surface area contributed by atoms with Gasteiger partial charge in [-0.15, -0.1) is 0 Å². The molecule has 1 aromatic rings. The first-order valence-corrected chi connectivity index (χ1v) is 6.75. The van der Waals surface area contributed by atoms with E-state index in [1.54, 1.807) is 6.92 Å². The third-order valence-corrected chi connectivity index (χ3v) is 3.61. The van der Waals surface area contributed by atoms with Crippen LogP contribution in [0, 0.1) is 0 Å². The minimum atomic E-state index is 0.184. The first kappa shape index (κ1) is 13.4. The fourth-order valence-corrected chi connectivity index (χ4v) is 2.42. The second-order valence-corrected chi connectivity index (χ2v) is 5.20. The third-order valence-electron chi connectivity index (χ3n) is 3.35. The second-order valence-electron chi connectivity index (χ2n) is 4.76. The van der Waals surface area contributed by atoms with E-state index >= 15 is 0 Å². The summed E-state index contributed by atoms with van der Waals surface area (Å²) in [6.45, 7) is 6.29. The van der Waals surface area contributed by atoms with Gasteiger partial charge in [0.1, 0.15) is 0 Å². The smallest absolute Gasteiger partial charge is 0.219 e. The molecule has 0 atom stereocenters. The zero-order chi connectivity index (χ0) is 13.0. The Morgan fingerprint density at radius 3 is 2.56 bits per heavy atom. The highest BCUT2D eigenvalue weighted by atomic mass is 35.5. The van der Waals surface area contributed by atoms with Gasteiger partial charge in [0.15, 0.2) is 0 Å². The molecule has 0 unspecified atom stereocenters. The highest BCUT2D eigenvalue weighted by Crippen LogP contribution is 2.13. The first-order chi connectivity index (χ1) is 8.65. The van der Waals surface area contributed by atoms with Crippen molar-refractivity contribution in [3.05, 3.63) is 34.9 Å². The van der Waals surface area contributed by atoms with E-state index in [-0.39, 0.29) is 5.91 Å². The van der Waals surface area contributed by atoms with Gasteiger partial charge in [0.25, 0.3) is 0 Å². The number of carbonyl (C=O) groups is 1. The fourth-order valence-electron chi connectivity index (χ4n) is 2.29. The van der Waals surface area contributed by atoms with Gasteiger partial charge in [-0.05, 0) is 24.1 Å². The van der Waals surface area contributed by atoms with Gasteiger partial charge >= 0.3 is 0 Å². The van der Waals surface area contributed by atoms with E-state index < -0.39 is 0 Å². The van der Waals surface area contributed by atoms with E-state index in [1.165, 1.54) is 5.56 Å². The van der Waals surface area contributed by atoms with E-state index in [4.69, 9.17) is 11.6 Å². The Bertz CT molecular complexity index is 405. The molecule has 1 saturated heterocycles.